The Morgan fingerprint density at radius 1 is 1.00 bits per heavy atom. The molecule has 0 atom stereocenters. The lowest BCUT2D eigenvalue weighted by Gasteiger charge is -2.10. The Morgan fingerprint density at radius 3 is 2.28 bits per heavy atom. The van der Waals surface area contributed by atoms with E-state index >= 15 is 0 Å². The number of carbonyl (C=O) groups is 3. The Morgan fingerprint density at radius 2 is 1.66 bits per heavy atom. The average molecular weight is 414 g/mol. The summed E-state index contributed by atoms with van der Waals surface area (Å²) in [6, 6.07) is 11.9. The molecule has 7 nitrogen and oxygen atoms in total. The number of amides is 3. The number of halogens is 1. The number of nitrogens with one attached hydrogen (secondary N) is 4. The number of hydrogen-bond acceptors (Lipinski definition) is 4. The fraction of sp³-hybridized carbons (Fsp3) is 0.100. The normalized spacial score (nSPS) is 10.3. The molecule has 150 valence electrons. The maximum absolute atomic E-state index is 12.8. The molecule has 0 saturated carbocycles. The summed E-state index contributed by atoms with van der Waals surface area (Å²) in [5.41, 5.74) is 6.33. The van der Waals surface area contributed by atoms with Gasteiger partial charge in [-0.2, -0.15) is 0 Å². The Balaban J connectivity index is 1.79. The summed E-state index contributed by atoms with van der Waals surface area (Å²) in [4.78, 5) is 35.2. The molecule has 0 unspecified atom stereocenters. The van der Waals surface area contributed by atoms with Crippen LogP contribution < -0.4 is 21.5 Å². The molecule has 2 aromatic carbocycles. The van der Waals surface area contributed by atoms with Crippen LogP contribution >= 0.6 is 12.2 Å². The summed E-state index contributed by atoms with van der Waals surface area (Å²) in [6.07, 6.45) is 3.08. The number of rotatable bonds is 5. The van der Waals surface area contributed by atoms with Crippen LogP contribution in [0.4, 0.5) is 10.1 Å². The molecular formula is C20H19FN4O3S. The first-order valence-electron chi connectivity index (χ1n) is 8.62. The molecule has 29 heavy (non-hydrogen) atoms. The fourth-order valence-corrected chi connectivity index (χ4v) is 2.22. The predicted molar refractivity (Wildman–Crippen MR) is 112 cm³/mol. The third kappa shape index (κ3) is 7.51. The highest BCUT2D eigenvalue weighted by molar-refractivity contribution is 7.80. The fourth-order valence-electron chi connectivity index (χ4n) is 2.07. The zero-order chi connectivity index (χ0) is 21.2. The predicted octanol–water partition coefficient (Wildman–Crippen LogP) is 2.52. The van der Waals surface area contributed by atoms with Crippen LogP contribution in [-0.4, -0.2) is 22.8 Å². The van der Waals surface area contributed by atoms with E-state index in [-0.39, 0.29) is 16.8 Å². The molecule has 0 bridgehead atoms. The first-order valence-corrected chi connectivity index (χ1v) is 9.03. The van der Waals surface area contributed by atoms with E-state index in [2.05, 4.69) is 21.5 Å². The number of anilines is 1. The van der Waals surface area contributed by atoms with E-state index in [4.69, 9.17) is 12.2 Å². The molecule has 0 heterocycles. The summed E-state index contributed by atoms with van der Waals surface area (Å²) < 4.78 is 12.8. The van der Waals surface area contributed by atoms with Gasteiger partial charge in [-0.3, -0.25) is 30.6 Å². The highest BCUT2D eigenvalue weighted by Gasteiger charge is 2.07. The van der Waals surface area contributed by atoms with E-state index in [1.54, 1.807) is 19.1 Å². The average Bonchev–Trinajstić information content (AvgIpc) is 2.72. The van der Waals surface area contributed by atoms with E-state index in [0.717, 1.165) is 0 Å². The molecule has 0 aromatic heterocycles. The van der Waals surface area contributed by atoms with Crippen LogP contribution in [0.3, 0.4) is 0 Å². The van der Waals surface area contributed by atoms with Gasteiger partial charge in [0.25, 0.3) is 5.91 Å². The second kappa shape index (κ2) is 10.7. The topological polar surface area (TPSA) is 99.3 Å². The summed E-state index contributed by atoms with van der Waals surface area (Å²) in [7, 11) is 0. The number of thiocarbonyl (C=S) groups is 1. The first-order chi connectivity index (χ1) is 13.9. The number of carbonyl (C=O) groups excluding carboxylic acids is 3. The van der Waals surface area contributed by atoms with Gasteiger partial charge in [-0.15, -0.1) is 0 Å². The van der Waals surface area contributed by atoms with E-state index in [1.165, 1.54) is 48.6 Å². The van der Waals surface area contributed by atoms with Gasteiger partial charge in [-0.05, 0) is 60.3 Å². The van der Waals surface area contributed by atoms with Gasteiger partial charge in [-0.25, -0.2) is 4.39 Å². The van der Waals surface area contributed by atoms with E-state index in [1.807, 2.05) is 0 Å². The van der Waals surface area contributed by atoms with Crippen molar-refractivity contribution in [2.75, 3.05) is 5.32 Å². The Bertz CT molecular complexity index is 928. The second-order valence-electron chi connectivity index (χ2n) is 5.76. The van der Waals surface area contributed by atoms with Crippen LogP contribution in [0, 0.1) is 5.82 Å². The SMILES string of the molecule is CCC(=O)Nc1ccc(C(=O)NNC(=S)NC(=O)/C=C/c2ccc(F)cc2)cc1. The lowest BCUT2D eigenvalue weighted by molar-refractivity contribution is -0.116. The first kappa shape index (κ1) is 21.7. The van der Waals surface area contributed by atoms with Gasteiger partial charge in [0.15, 0.2) is 5.11 Å². The molecule has 0 saturated heterocycles. The maximum Gasteiger partial charge on any atom is 0.269 e. The smallest absolute Gasteiger partial charge is 0.269 e. The summed E-state index contributed by atoms with van der Waals surface area (Å²) >= 11 is 4.94. The van der Waals surface area contributed by atoms with Crippen molar-refractivity contribution in [3.63, 3.8) is 0 Å². The molecular weight excluding hydrogens is 395 g/mol. The molecule has 0 aliphatic rings. The molecule has 2 aromatic rings. The largest absolute Gasteiger partial charge is 0.326 e. The van der Waals surface area contributed by atoms with Gasteiger partial charge < -0.3 is 5.32 Å². The second-order valence-corrected chi connectivity index (χ2v) is 6.17. The van der Waals surface area contributed by atoms with Crippen molar-refractivity contribution in [1.82, 2.24) is 16.2 Å². The van der Waals surface area contributed by atoms with Gasteiger partial charge >= 0.3 is 0 Å². The third-order valence-corrected chi connectivity index (χ3v) is 3.78. The van der Waals surface area contributed by atoms with Gasteiger partial charge in [-0.1, -0.05) is 19.1 Å². The molecule has 0 aliphatic carbocycles. The number of hydrazine groups is 1. The van der Waals surface area contributed by atoms with Crippen molar-refractivity contribution in [3.05, 3.63) is 71.6 Å². The number of hydrogen-bond donors (Lipinski definition) is 4. The molecule has 2 rings (SSSR count). The highest BCUT2D eigenvalue weighted by Crippen LogP contribution is 2.09. The minimum atomic E-state index is -0.517. The Labute approximate surface area is 172 Å². The van der Waals surface area contributed by atoms with Crippen molar-refractivity contribution in [2.24, 2.45) is 0 Å². The lowest BCUT2D eigenvalue weighted by atomic mass is 10.2. The standard InChI is InChI=1S/C20H19FN4O3S/c1-2-17(26)22-16-10-6-14(7-11-16)19(28)24-25-20(29)23-18(27)12-5-13-3-8-15(21)9-4-13/h3-12H,2H2,1H3,(H,22,26)(H,24,28)(H2,23,25,27,29)/b12-5+. The van der Waals surface area contributed by atoms with Crippen LogP contribution in [0.15, 0.2) is 54.6 Å². The maximum atomic E-state index is 12.8. The van der Waals surface area contributed by atoms with Gasteiger partial charge in [0.1, 0.15) is 5.82 Å². The zero-order valence-electron chi connectivity index (χ0n) is 15.5. The highest BCUT2D eigenvalue weighted by atomic mass is 32.1. The molecule has 0 radical (unpaired) electrons. The quantitative estimate of drug-likeness (QED) is 0.342. The van der Waals surface area contributed by atoms with Crippen LogP contribution in [-0.2, 0) is 9.59 Å². The lowest BCUT2D eigenvalue weighted by Crippen LogP contribution is -2.48. The molecule has 9 heteroatoms. The van der Waals surface area contributed by atoms with Crippen molar-refractivity contribution in [3.8, 4) is 0 Å². The van der Waals surface area contributed by atoms with E-state index in [0.29, 0.717) is 23.2 Å². The van der Waals surface area contributed by atoms with Crippen LogP contribution in [0.1, 0.15) is 29.3 Å². The van der Waals surface area contributed by atoms with E-state index < -0.39 is 11.8 Å². The van der Waals surface area contributed by atoms with Crippen molar-refractivity contribution >= 4 is 46.8 Å². The monoisotopic (exact) mass is 414 g/mol. The van der Waals surface area contributed by atoms with E-state index in [9.17, 15) is 18.8 Å². The number of benzene rings is 2. The Kier molecular flexibility index (Phi) is 7.99. The summed E-state index contributed by atoms with van der Waals surface area (Å²) in [6.45, 7) is 1.74. The van der Waals surface area contributed by atoms with Crippen molar-refractivity contribution in [2.45, 2.75) is 13.3 Å². The minimum Gasteiger partial charge on any atom is -0.326 e. The zero-order valence-corrected chi connectivity index (χ0v) is 16.3. The van der Waals surface area contributed by atoms with Crippen LogP contribution in [0.5, 0.6) is 0 Å². The van der Waals surface area contributed by atoms with Crippen molar-refractivity contribution < 1.29 is 18.8 Å². The minimum absolute atomic E-state index is 0.0982. The molecule has 4 N–H and O–H groups in total. The molecule has 0 aliphatic heterocycles. The summed E-state index contributed by atoms with van der Waals surface area (Å²) in [5.74, 6) is -1.49. The van der Waals surface area contributed by atoms with Crippen molar-refractivity contribution in [1.29, 1.82) is 0 Å². The van der Waals surface area contributed by atoms with Crippen LogP contribution in [0.25, 0.3) is 6.08 Å². The van der Waals surface area contributed by atoms with Crippen LogP contribution in [0.2, 0.25) is 0 Å². The summed E-state index contributed by atoms with van der Waals surface area (Å²) in [5, 5.41) is 4.94. The van der Waals surface area contributed by atoms with Gasteiger partial charge in [0, 0.05) is 23.7 Å². The van der Waals surface area contributed by atoms with Gasteiger partial charge in [0.2, 0.25) is 11.8 Å². The molecule has 0 spiro atoms. The molecule has 0 fully saturated rings. The van der Waals surface area contributed by atoms with Gasteiger partial charge in [0.05, 0.1) is 0 Å². The third-order valence-electron chi connectivity index (χ3n) is 3.58. The Hall–Kier alpha value is -3.59. The molecule has 3 amide bonds.